The maximum atomic E-state index is 13.1. The van der Waals surface area contributed by atoms with Crippen LogP contribution in [-0.4, -0.2) is 44.0 Å². The van der Waals surface area contributed by atoms with Gasteiger partial charge in [-0.2, -0.15) is 0 Å². The van der Waals surface area contributed by atoms with E-state index >= 15 is 0 Å². The lowest BCUT2D eigenvalue weighted by molar-refractivity contribution is -0.130. The zero-order valence-electron chi connectivity index (χ0n) is 16.9. The van der Waals surface area contributed by atoms with E-state index in [2.05, 4.69) is 10.6 Å². The Morgan fingerprint density at radius 3 is 2.13 bits per heavy atom. The largest absolute Gasteiger partial charge is 0.368 e. The van der Waals surface area contributed by atoms with Gasteiger partial charge in [0, 0.05) is 13.3 Å². The van der Waals surface area contributed by atoms with E-state index < -0.39 is 51.2 Å². The van der Waals surface area contributed by atoms with E-state index in [4.69, 9.17) is 5.73 Å². The van der Waals surface area contributed by atoms with E-state index in [-0.39, 0.29) is 17.7 Å². The number of nitrogens with one attached hydrogen (secondary N) is 2. The summed E-state index contributed by atoms with van der Waals surface area (Å²) in [5.74, 6) is -2.95. The van der Waals surface area contributed by atoms with Crippen LogP contribution in [0.15, 0.2) is 59.5 Å². The molecule has 0 bridgehead atoms. The lowest BCUT2D eigenvalue weighted by Crippen LogP contribution is -2.53. The Bertz CT molecular complexity index is 1030. The number of benzene rings is 2. The normalized spacial score (nSPS) is 13.1. The molecule has 4 N–H and O–H groups in total. The van der Waals surface area contributed by atoms with Gasteiger partial charge in [-0.3, -0.25) is 14.4 Å². The lowest BCUT2D eigenvalue weighted by Gasteiger charge is -2.21. The highest BCUT2D eigenvalue weighted by atomic mass is 32.2. The van der Waals surface area contributed by atoms with Gasteiger partial charge in [-0.1, -0.05) is 30.3 Å². The molecule has 0 saturated carbocycles. The molecule has 0 aliphatic heterocycles. The predicted molar refractivity (Wildman–Crippen MR) is 112 cm³/mol. The van der Waals surface area contributed by atoms with Crippen LogP contribution in [0, 0.1) is 5.82 Å². The smallest absolute Gasteiger partial charge is 0.243 e. The standard InChI is InChI=1S/C21H24FN3O5S/c1-14(26)24-19(13-15-7-9-16(22)10-8-15)21(28)25-18(20(23)27)11-12-31(29,30)17-5-3-2-4-6-17/h2-10,18-19H,11-13H2,1H3,(H2,23,27)(H,24,26)(H,25,28)/t18-,19+/m1/s1. The number of carbonyl (C=O) groups excluding carboxylic acids is 3. The number of amides is 3. The van der Waals surface area contributed by atoms with Crippen molar-refractivity contribution in [1.82, 2.24) is 10.6 Å². The molecule has 0 heterocycles. The van der Waals surface area contributed by atoms with Crippen molar-refractivity contribution in [3.05, 3.63) is 66.0 Å². The van der Waals surface area contributed by atoms with Gasteiger partial charge in [0.05, 0.1) is 10.6 Å². The summed E-state index contributed by atoms with van der Waals surface area (Å²) in [6, 6.07) is 10.8. The second-order valence-electron chi connectivity index (χ2n) is 6.97. The minimum atomic E-state index is -3.68. The molecule has 0 radical (unpaired) electrons. The Morgan fingerprint density at radius 1 is 0.968 bits per heavy atom. The number of sulfone groups is 1. The Labute approximate surface area is 179 Å². The number of hydrogen-bond acceptors (Lipinski definition) is 5. The highest BCUT2D eigenvalue weighted by Gasteiger charge is 2.27. The van der Waals surface area contributed by atoms with Crippen LogP contribution in [0.3, 0.4) is 0 Å². The van der Waals surface area contributed by atoms with Crippen molar-refractivity contribution in [1.29, 1.82) is 0 Å². The van der Waals surface area contributed by atoms with Gasteiger partial charge in [-0.25, -0.2) is 12.8 Å². The van der Waals surface area contributed by atoms with E-state index in [1.54, 1.807) is 18.2 Å². The van der Waals surface area contributed by atoms with E-state index in [0.29, 0.717) is 5.56 Å². The summed E-state index contributed by atoms with van der Waals surface area (Å²) >= 11 is 0. The summed E-state index contributed by atoms with van der Waals surface area (Å²) in [5, 5.41) is 4.88. The molecule has 0 saturated heterocycles. The molecule has 2 rings (SSSR count). The number of rotatable bonds is 10. The summed E-state index contributed by atoms with van der Waals surface area (Å²) in [6.07, 6.45) is -0.193. The van der Waals surface area contributed by atoms with Crippen LogP contribution < -0.4 is 16.4 Å². The summed E-state index contributed by atoms with van der Waals surface area (Å²) in [5.41, 5.74) is 5.93. The van der Waals surface area contributed by atoms with Gasteiger partial charge in [-0.15, -0.1) is 0 Å². The van der Waals surface area contributed by atoms with Gasteiger partial charge < -0.3 is 16.4 Å². The van der Waals surface area contributed by atoms with Gasteiger partial charge in [0.1, 0.15) is 17.9 Å². The molecule has 31 heavy (non-hydrogen) atoms. The van der Waals surface area contributed by atoms with Crippen LogP contribution in [0.2, 0.25) is 0 Å². The second kappa shape index (κ2) is 10.7. The predicted octanol–water partition coefficient (Wildman–Crippen LogP) is 0.707. The van der Waals surface area contributed by atoms with Crippen LogP contribution in [0.5, 0.6) is 0 Å². The second-order valence-corrected chi connectivity index (χ2v) is 9.08. The van der Waals surface area contributed by atoms with Crippen molar-refractivity contribution in [2.45, 2.75) is 36.7 Å². The topological polar surface area (TPSA) is 135 Å². The zero-order valence-corrected chi connectivity index (χ0v) is 17.7. The first kappa shape index (κ1) is 24.0. The molecule has 0 aliphatic carbocycles. The van der Waals surface area contributed by atoms with Crippen LogP contribution in [0.25, 0.3) is 0 Å². The third-order valence-electron chi connectivity index (χ3n) is 4.48. The van der Waals surface area contributed by atoms with E-state index in [1.165, 1.54) is 43.3 Å². The lowest BCUT2D eigenvalue weighted by atomic mass is 10.0. The first-order valence-electron chi connectivity index (χ1n) is 9.47. The molecule has 2 aromatic rings. The van der Waals surface area contributed by atoms with Crippen LogP contribution in [0.1, 0.15) is 18.9 Å². The van der Waals surface area contributed by atoms with E-state index in [0.717, 1.165) is 0 Å². The third kappa shape index (κ3) is 7.49. The van der Waals surface area contributed by atoms with E-state index in [9.17, 15) is 27.2 Å². The van der Waals surface area contributed by atoms with Crippen molar-refractivity contribution in [3.8, 4) is 0 Å². The van der Waals surface area contributed by atoms with Gasteiger partial charge in [0.15, 0.2) is 9.84 Å². The van der Waals surface area contributed by atoms with Crippen LogP contribution in [0.4, 0.5) is 4.39 Å². The summed E-state index contributed by atoms with van der Waals surface area (Å²) in [7, 11) is -3.68. The minimum Gasteiger partial charge on any atom is -0.368 e. The highest BCUT2D eigenvalue weighted by molar-refractivity contribution is 7.91. The first-order chi connectivity index (χ1) is 14.6. The minimum absolute atomic E-state index is 0.0412. The molecule has 2 aromatic carbocycles. The summed E-state index contributed by atoms with van der Waals surface area (Å²) in [4.78, 5) is 36.1. The number of primary amides is 1. The fraction of sp³-hybridized carbons (Fsp3) is 0.286. The molecule has 0 fully saturated rings. The molecule has 2 atom stereocenters. The molecular weight excluding hydrogens is 425 g/mol. The molecule has 0 spiro atoms. The molecule has 8 nitrogen and oxygen atoms in total. The van der Waals surface area contributed by atoms with Gasteiger partial charge in [0.25, 0.3) is 0 Å². The van der Waals surface area contributed by atoms with Crippen molar-refractivity contribution in [2.75, 3.05) is 5.75 Å². The Balaban J connectivity index is 2.09. The van der Waals surface area contributed by atoms with Crippen molar-refractivity contribution in [3.63, 3.8) is 0 Å². The summed E-state index contributed by atoms with van der Waals surface area (Å²) < 4.78 is 38.0. The number of nitrogens with two attached hydrogens (primary N) is 1. The Morgan fingerprint density at radius 2 is 1.58 bits per heavy atom. The van der Waals surface area contributed by atoms with Gasteiger partial charge in [-0.05, 0) is 36.2 Å². The molecule has 0 aromatic heterocycles. The maximum absolute atomic E-state index is 13.1. The zero-order chi connectivity index (χ0) is 23.0. The number of carbonyl (C=O) groups is 3. The highest BCUT2D eigenvalue weighted by Crippen LogP contribution is 2.12. The van der Waals surface area contributed by atoms with E-state index in [1.807, 2.05) is 0 Å². The molecule has 3 amide bonds. The van der Waals surface area contributed by atoms with Crippen LogP contribution >= 0.6 is 0 Å². The molecule has 10 heteroatoms. The molecular formula is C21H24FN3O5S. The first-order valence-corrected chi connectivity index (χ1v) is 11.1. The fourth-order valence-corrected chi connectivity index (χ4v) is 4.24. The Hall–Kier alpha value is -3.27. The van der Waals surface area contributed by atoms with Crippen LogP contribution in [-0.2, 0) is 30.6 Å². The van der Waals surface area contributed by atoms with Crippen molar-refractivity contribution >= 4 is 27.6 Å². The van der Waals surface area contributed by atoms with Gasteiger partial charge >= 0.3 is 0 Å². The third-order valence-corrected chi connectivity index (χ3v) is 6.25. The monoisotopic (exact) mass is 449 g/mol. The average Bonchev–Trinajstić information content (AvgIpc) is 2.72. The Kier molecular flexibility index (Phi) is 8.26. The number of hydrogen-bond donors (Lipinski definition) is 3. The quantitative estimate of drug-likeness (QED) is 0.491. The maximum Gasteiger partial charge on any atom is 0.243 e. The molecule has 166 valence electrons. The molecule has 0 unspecified atom stereocenters. The average molecular weight is 450 g/mol. The SMILES string of the molecule is CC(=O)N[C@@H](Cc1ccc(F)cc1)C(=O)N[C@H](CCS(=O)(=O)c1ccccc1)C(N)=O. The van der Waals surface area contributed by atoms with Gasteiger partial charge in [0.2, 0.25) is 17.7 Å². The van der Waals surface area contributed by atoms with Crippen molar-refractivity contribution in [2.24, 2.45) is 5.73 Å². The number of halogens is 1. The summed E-state index contributed by atoms with van der Waals surface area (Å²) in [6.45, 7) is 1.23. The fourth-order valence-electron chi connectivity index (χ4n) is 2.89. The van der Waals surface area contributed by atoms with Crippen molar-refractivity contribution < 1.29 is 27.2 Å². The molecule has 0 aliphatic rings.